The molecule has 1 aromatic carbocycles. The number of thiophene rings is 1. The van der Waals surface area contributed by atoms with E-state index in [0.29, 0.717) is 9.58 Å². The minimum Gasteiger partial charge on any atom is -0.478 e. The Morgan fingerprint density at radius 1 is 1.33 bits per heavy atom. The van der Waals surface area contributed by atoms with Crippen molar-refractivity contribution in [3.63, 3.8) is 0 Å². The largest absolute Gasteiger partial charge is 0.478 e. The van der Waals surface area contributed by atoms with Crippen LogP contribution in [0.4, 0.5) is 13.2 Å². The van der Waals surface area contributed by atoms with Gasteiger partial charge in [-0.2, -0.15) is 18.3 Å². The van der Waals surface area contributed by atoms with Crippen molar-refractivity contribution in [3.8, 4) is 10.6 Å². The average Bonchev–Trinajstić information content (AvgIpc) is 3.02. The summed E-state index contributed by atoms with van der Waals surface area (Å²) < 4.78 is 39.3. The number of halogens is 3. The third kappa shape index (κ3) is 2.27. The number of aromatic amines is 1. The van der Waals surface area contributed by atoms with Crippen molar-refractivity contribution >= 4 is 27.4 Å². The molecule has 0 spiro atoms. The predicted octanol–water partition coefficient (Wildman–Crippen LogP) is 4.01. The predicted molar refractivity (Wildman–Crippen MR) is 71.4 cm³/mol. The van der Waals surface area contributed by atoms with Gasteiger partial charge in [0.15, 0.2) is 0 Å². The van der Waals surface area contributed by atoms with Crippen LogP contribution in [-0.4, -0.2) is 21.3 Å². The van der Waals surface area contributed by atoms with Gasteiger partial charge in [0.1, 0.15) is 5.56 Å². The molecule has 4 nitrogen and oxygen atoms in total. The number of hydrogen-bond acceptors (Lipinski definition) is 3. The van der Waals surface area contributed by atoms with Gasteiger partial charge in [-0.05, 0) is 18.2 Å². The number of nitrogens with one attached hydrogen (secondary N) is 1. The maximum absolute atomic E-state index is 13.0. The number of hydrogen-bond donors (Lipinski definition) is 2. The summed E-state index contributed by atoms with van der Waals surface area (Å²) in [5, 5.41) is 15.3. The lowest BCUT2D eigenvalue weighted by atomic mass is 10.1. The molecule has 0 saturated carbocycles. The van der Waals surface area contributed by atoms with E-state index >= 15 is 0 Å². The SMILES string of the molecule is O=C(O)c1cn[nH]c1-c1cc2c(C(F)(F)F)cccc2s1. The lowest BCUT2D eigenvalue weighted by Crippen LogP contribution is -2.04. The molecule has 0 atom stereocenters. The van der Waals surface area contributed by atoms with Crippen molar-refractivity contribution in [1.29, 1.82) is 0 Å². The summed E-state index contributed by atoms with van der Waals surface area (Å²) in [4.78, 5) is 11.5. The Kier molecular flexibility index (Phi) is 2.98. The van der Waals surface area contributed by atoms with Crippen LogP contribution in [0.25, 0.3) is 20.7 Å². The Hall–Kier alpha value is -2.35. The van der Waals surface area contributed by atoms with Gasteiger partial charge in [-0.3, -0.25) is 5.10 Å². The van der Waals surface area contributed by atoms with E-state index in [1.165, 1.54) is 12.1 Å². The smallest absolute Gasteiger partial charge is 0.417 e. The Labute approximate surface area is 119 Å². The fourth-order valence-electron chi connectivity index (χ4n) is 2.07. The normalized spacial score (nSPS) is 12.0. The zero-order chi connectivity index (χ0) is 15.2. The third-order valence-corrected chi connectivity index (χ3v) is 4.10. The van der Waals surface area contributed by atoms with Gasteiger partial charge in [-0.25, -0.2) is 4.79 Å². The molecule has 0 radical (unpaired) electrons. The standard InChI is InChI=1S/C13H7F3N2O2S/c14-13(15,16)8-2-1-3-9-6(8)4-10(21-9)11-7(12(19)20)5-17-18-11/h1-5H,(H,17,18)(H,19,20). The Bertz CT molecular complexity index is 835. The number of rotatable bonds is 2. The lowest BCUT2D eigenvalue weighted by Gasteiger charge is -2.06. The van der Waals surface area contributed by atoms with Gasteiger partial charge >= 0.3 is 12.1 Å². The van der Waals surface area contributed by atoms with E-state index in [1.807, 2.05) is 0 Å². The average molecular weight is 312 g/mol. The van der Waals surface area contributed by atoms with Crippen LogP contribution in [0.2, 0.25) is 0 Å². The molecule has 0 aliphatic rings. The fourth-order valence-corrected chi connectivity index (χ4v) is 3.16. The number of nitrogens with zero attached hydrogens (tertiary/aromatic N) is 1. The zero-order valence-electron chi connectivity index (χ0n) is 10.2. The van der Waals surface area contributed by atoms with E-state index in [-0.39, 0.29) is 16.6 Å². The molecule has 8 heteroatoms. The molecule has 2 N–H and O–H groups in total. The molecule has 0 amide bonds. The van der Waals surface area contributed by atoms with E-state index in [2.05, 4.69) is 10.2 Å². The molecule has 3 rings (SSSR count). The topological polar surface area (TPSA) is 66.0 Å². The monoisotopic (exact) mass is 312 g/mol. The van der Waals surface area contributed by atoms with Crippen LogP contribution >= 0.6 is 11.3 Å². The van der Waals surface area contributed by atoms with Crippen LogP contribution in [0.3, 0.4) is 0 Å². The van der Waals surface area contributed by atoms with Crippen molar-refractivity contribution in [1.82, 2.24) is 10.2 Å². The number of carboxylic acids is 1. The number of benzene rings is 1. The van der Waals surface area contributed by atoms with Crippen molar-refractivity contribution in [2.24, 2.45) is 0 Å². The van der Waals surface area contributed by atoms with Crippen LogP contribution in [0.15, 0.2) is 30.5 Å². The van der Waals surface area contributed by atoms with Gasteiger partial charge in [0, 0.05) is 10.1 Å². The summed E-state index contributed by atoms with van der Waals surface area (Å²) in [5.41, 5.74) is -0.606. The van der Waals surface area contributed by atoms with Crippen molar-refractivity contribution < 1.29 is 23.1 Å². The first-order valence-corrected chi connectivity index (χ1v) is 6.56. The number of fused-ring (bicyclic) bond motifs is 1. The molecular formula is C13H7F3N2O2S. The highest BCUT2D eigenvalue weighted by atomic mass is 32.1. The first-order chi connectivity index (χ1) is 9.88. The second kappa shape index (κ2) is 4.59. The van der Waals surface area contributed by atoms with E-state index in [9.17, 15) is 18.0 Å². The van der Waals surface area contributed by atoms with E-state index in [4.69, 9.17) is 5.11 Å². The van der Waals surface area contributed by atoms with Gasteiger partial charge in [-0.1, -0.05) is 6.07 Å². The van der Waals surface area contributed by atoms with Crippen LogP contribution < -0.4 is 0 Å². The first-order valence-electron chi connectivity index (χ1n) is 5.74. The van der Waals surface area contributed by atoms with Gasteiger partial charge in [0.25, 0.3) is 0 Å². The number of H-pyrrole nitrogens is 1. The zero-order valence-corrected chi connectivity index (χ0v) is 11.0. The third-order valence-electron chi connectivity index (χ3n) is 2.98. The maximum Gasteiger partial charge on any atom is 0.417 e. The summed E-state index contributed by atoms with van der Waals surface area (Å²) in [6.45, 7) is 0. The number of aromatic carboxylic acids is 1. The van der Waals surface area contributed by atoms with Gasteiger partial charge < -0.3 is 5.11 Å². The molecule has 0 aliphatic heterocycles. The summed E-state index contributed by atoms with van der Waals surface area (Å²) in [7, 11) is 0. The highest BCUT2D eigenvalue weighted by Crippen LogP contribution is 2.41. The first kappa shape index (κ1) is 13.6. The molecule has 2 heterocycles. The molecule has 0 saturated heterocycles. The quantitative estimate of drug-likeness (QED) is 0.751. The second-order valence-electron chi connectivity index (χ2n) is 4.29. The fraction of sp³-hybridized carbons (Fsp3) is 0.0769. The van der Waals surface area contributed by atoms with Gasteiger partial charge in [-0.15, -0.1) is 11.3 Å². The van der Waals surface area contributed by atoms with Crippen molar-refractivity contribution in [2.75, 3.05) is 0 Å². The van der Waals surface area contributed by atoms with Gasteiger partial charge in [0.05, 0.1) is 22.3 Å². The van der Waals surface area contributed by atoms with Crippen molar-refractivity contribution in [2.45, 2.75) is 6.18 Å². The number of aromatic nitrogens is 2. The lowest BCUT2D eigenvalue weighted by molar-refractivity contribution is -0.136. The minimum atomic E-state index is -4.46. The van der Waals surface area contributed by atoms with Crippen LogP contribution in [0.5, 0.6) is 0 Å². The van der Waals surface area contributed by atoms with E-state index < -0.39 is 17.7 Å². The summed E-state index contributed by atoms with van der Waals surface area (Å²) in [5.74, 6) is -1.19. The van der Waals surface area contributed by atoms with E-state index in [0.717, 1.165) is 23.6 Å². The summed E-state index contributed by atoms with van der Waals surface area (Å²) >= 11 is 1.08. The summed E-state index contributed by atoms with van der Waals surface area (Å²) in [6.07, 6.45) is -3.33. The van der Waals surface area contributed by atoms with Crippen LogP contribution in [0, 0.1) is 0 Å². The molecule has 3 aromatic rings. The van der Waals surface area contributed by atoms with Crippen LogP contribution in [-0.2, 0) is 6.18 Å². The van der Waals surface area contributed by atoms with E-state index in [1.54, 1.807) is 6.07 Å². The minimum absolute atomic E-state index is 0.0518. The molecule has 0 bridgehead atoms. The highest BCUT2D eigenvalue weighted by molar-refractivity contribution is 7.22. The maximum atomic E-state index is 13.0. The number of alkyl halides is 3. The second-order valence-corrected chi connectivity index (χ2v) is 5.37. The molecule has 0 unspecified atom stereocenters. The van der Waals surface area contributed by atoms with Gasteiger partial charge in [0.2, 0.25) is 0 Å². The molecule has 0 fully saturated rings. The van der Waals surface area contributed by atoms with Crippen LogP contribution in [0.1, 0.15) is 15.9 Å². The van der Waals surface area contributed by atoms with Crippen molar-refractivity contribution in [3.05, 3.63) is 41.6 Å². The number of carbonyl (C=O) groups is 1. The summed E-state index contributed by atoms with van der Waals surface area (Å²) in [6, 6.07) is 5.23. The Morgan fingerprint density at radius 2 is 2.10 bits per heavy atom. The molecule has 2 aromatic heterocycles. The molecule has 0 aliphatic carbocycles. The molecular weight excluding hydrogens is 305 g/mol. The highest BCUT2D eigenvalue weighted by Gasteiger charge is 2.33. The number of carboxylic acid groups (broad SMARTS) is 1. The Balaban J connectivity index is 2.23. The molecule has 21 heavy (non-hydrogen) atoms. The Morgan fingerprint density at radius 3 is 2.76 bits per heavy atom. The molecule has 108 valence electrons.